The summed E-state index contributed by atoms with van der Waals surface area (Å²) in [6, 6.07) is 32.1. The zero-order valence-corrected chi connectivity index (χ0v) is 21.6. The summed E-state index contributed by atoms with van der Waals surface area (Å²) >= 11 is 0. The minimum atomic E-state index is -1.08. The molecule has 0 bridgehead atoms. The summed E-state index contributed by atoms with van der Waals surface area (Å²) in [4.78, 5) is 9.51. The number of aryl methyl sites for hydroxylation is 1. The number of benzene rings is 2. The van der Waals surface area contributed by atoms with Crippen molar-refractivity contribution in [2.45, 2.75) is 12.6 Å². The van der Waals surface area contributed by atoms with Gasteiger partial charge >= 0.3 is 0 Å². The normalized spacial score (nSPS) is 15.9. The first kappa shape index (κ1) is 24.0. The van der Waals surface area contributed by atoms with E-state index in [0.29, 0.717) is 5.66 Å². The van der Waals surface area contributed by atoms with Crippen LogP contribution in [0.15, 0.2) is 127 Å². The Kier molecular flexibility index (Phi) is 8.00. The van der Waals surface area contributed by atoms with Crippen LogP contribution in [0.5, 0.6) is 0 Å². The van der Waals surface area contributed by atoms with Crippen LogP contribution in [-0.4, -0.2) is 15.6 Å². The lowest BCUT2D eigenvalue weighted by Crippen LogP contribution is -3.00. The fourth-order valence-corrected chi connectivity index (χ4v) is 7.25. The lowest BCUT2D eigenvalue weighted by molar-refractivity contribution is -0.00000644. The highest BCUT2D eigenvalue weighted by Crippen LogP contribution is 2.45. The third-order valence-corrected chi connectivity index (χ3v) is 8.94. The van der Waals surface area contributed by atoms with Gasteiger partial charge in [-0.15, -0.1) is 0 Å². The largest absolute Gasteiger partial charge is 1.00 e. The maximum absolute atomic E-state index is 4.99. The van der Waals surface area contributed by atoms with Crippen LogP contribution in [-0.2, 0) is 0 Å². The third-order valence-electron chi connectivity index (χ3n) is 5.88. The van der Waals surface area contributed by atoms with Crippen molar-refractivity contribution in [3.05, 3.63) is 138 Å². The molecule has 4 heteroatoms. The van der Waals surface area contributed by atoms with E-state index in [2.05, 4.69) is 115 Å². The summed E-state index contributed by atoms with van der Waals surface area (Å²) in [7, 11) is -1.08. The van der Waals surface area contributed by atoms with Gasteiger partial charge in [0.15, 0.2) is 0 Å². The maximum Gasteiger partial charge on any atom is 0.120 e. The molecule has 0 spiro atoms. The van der Waals surface area contributed by atoms with Crippen LogP contribution in [0.3, 0.4) is 0 Å². The highest BCUT2D eigenvalue weighted by Gasteiger charge is 2.33. The molecular weight excluding hydrogens is 499 g/mol. The number of allylic oxidation sites excluding steroid dienone is 5. The Balaban J connectivity index is 0.00000274. The molecule has 4 aromatic rings. The van der Waals surface area contributed by atoms with Crippen molar-refractivity contribution >= 4 is 24.6 Å². The van der Waals surface area contributed by atoms with Crippen LogP contribution in [0, 0.1) is 6.92 Å². The van der Waals surface area contributed by atoms with Crippen LogP contribution in [0.25, 0.3) is 17.5 Å². The van der Waals surface area contributed by atoms with Gasteiger partial charge < -0.3 is 17.0 Å². The van der Waals surface area contributed by atoms with E-state index in [4.69, 9.17) is 4.98 Å². The number of halogens is 1. The van der Waals surface area contributed by atoms with Crippen molar-refractivity contribution in [2.75, 3.05) is 0 Å². The van der Waals surface area contributed by atoms with E-state index < -0.39 is 7.92 Å². The molecule has 0 aliphatic heterocycles. The number of rotatable bonds is 5. The number of pyridine rings is 2. The van der Waals surface area contributed by atoms with Gasteiger partial charge in [-0.3, -0.25) is 4.98 Å². The molecule has 2 nitrogen and oxygen atoms in total. The predicted octanol–water partition coefficient (Wildman–Crippen LogP) is 3.20. The molecule has 34 heavy (non-hydrogen) atoms. The second-order valence-corrected chi connectivity index (χ2v) is 10.7. The number of aromatic nitrogens is 2. The highest BCUT2D eigenvalue weighted by molar-refractivity contribution is 7.74. The number of hydrogen-bond acceptors (Lipinski definition) is 2. The quantitative estimate of drug-likeness (QED) is 0.375. The van der Waals surface area contributed by atoms with Crippen molar-refractivity contribution in [3.8, 4) is 11.4 Å². The Hall–Kier alpha value is -3.13. The van der Waals surface area contributed by atoms with Gasteiger partial charge in [-0.1, -0.05) is 66.8 Å². The van der Waals surface area contributed by atoms with E-state index >= 15 is 0 Å². The SMILES string of the molecule is Cc1ccc(C=C2C=CC=CC2[PH+](c2ccccc2)c2ccccc2)nc1-c1ccccn1.[Br-]. The molecule has 1 aliphatic carbocycles. The fourth-order valence-electron chi connectivity index (χ4n) is 4.28. The first-order valence-corrected chi connectivity index (χ1v) is 12.8. The minimum absolute atomic E-state index is 0. The molecule has 0 radical (unpaired) electrons. The third kappa shape index (κ3) is 5.33. The Morgan fingerprint density at radius 1 is 0.765 bits per heavy atom. The lowest BCUT2D eigenvalue weighted by atomic mass is 10.0. The van der Waals surface area contributed by atoms with E-state index in [0.717, 1.165) is 22.6 Å². The van der Waals surface area contributed by atoms with Crippen molar-refractivity contribution in [1.82, 2.24) is 9.97 Å². The standard InChI is InChI=1S/C30H25N2P.BrH/c1-23-19-20-25(32-30(23)28-17-10-11-21-31-28)22-24-12-8-9-18-29(24)33(26-13-4-2-5-14-26)27-15-6-3-7-16-27;/h2-22,29H,1H3;1H. The minimum Gasteiger partial charge on any atom is -1.00 e. The van der Waals surface area contributed by atoms with Crippen molar-refractivity contribution < 1.29 is 17.0 Å². The molecule has 2 aromatic heterocycles. The summed E-state index contributed by atoms with van der Waals surface area (Å²) in [5.41, 5.74) is 5.54. The van der Waals surface area contributed by atoms with E-state index in [9.17, 15) is 0 Å². The summed E-state index contributed by atoms with van der Waals surface area (Å²) in [6.07, 6.45) is 13.0. The lowest BCUT2D eigenvalue weighted by Gasteiger charge is -2.21. The highest BCUT2D eigenvalue weighted by atomic mass is 79.9. The van der Waals surface area contributed by atoms with Gasteiger partial charge in [0.2, 0.25) is 0 Å². The van der Waals surface area contributed by atoms with Gasteiger partial charge in [-0.05, 0) is 72.7 Å². The summed E-state index contributed by atoms with van der Waals surface area (Å²) in [6.45, 7) is 2.09. The first-order chi connectivity index (χ1) is 16.3. The molecule has 1 unspecified atom stereocenters. The molecule has 0 saturated heterocycles. The molecule has 0 N–H and O–H groups in total. The molecular formula is C30H26BrN2P. The average molecular weight is 525 g/mol. The summed E-state index contributed by atoms with van der Waals surface area (Å²) in [5, 5.41) is 2.83. The van der Waals surface area contributed by atoms with Gasteiger partial charge in [0.25, 0.3) is 0 Å². The molecule has 2 heterocycles. The van der Waals surface area contributed by atoms with E-state index in [1.54, 1.807) is 0 Å². The number of nitrogens with zero attached hydrogens (tertiary/aromatic N) is 2. The van der Waals surface area contributed by atoms with Crippen molar-refractivity contribution in [3.63, 3.8) is 0 Å². The van der Waals surface area contributed by atoms with Crippen molar-refractivity contribution in [2.24, 2.45) is 0 Å². The zero-order valence-electron chi connectivity index (χ0n) is 19.0. The number of hydrogen-bond donors (Lipinski definition) is 0. The molecule has 1 atom stereocenters. The Morgan fingerprint density at radius 2 is 1.44 bits per heavy atom. The van der Waals surface area contributed by atoms with Gasteiger partial charge in [0, 0.05) is 6.20 Å². The fraction of sp³-hybridized carbons (Fsp3) is 0.0667. The second kappa shape index (κ2) is 11.3. The van der Waals surface area contributed by atoms with Crippen LogP contribution in [0.2, 0.25) is 0 Å². The molecule has 1 aliphatic rings. The van der Waals surface area contributed by atoms with Crippen LogP contribution in [0.1, 0.15) is 11.3 Å². The Labute approximate surface area is 213 Å². The topological polar surface area (TPSA) is 25.8 Å². The molecule has 0 fully saturated rings. The van der Waals surface area contributed by atoms with Gasteiger partial charge in [0.05, 0.1) is 35.6 Å². The van der Waals surface area contributed by atoms with Crippen LogP contribution >= 0.6 is 7.92 Å². The molecule has 0 saturated carbocycles. The Bertz CT molecular complexity index is 1280. The molecule has 0 amide bonds. The monoisotopic (exact) mass is 524 g/mol. The van der Waals surface area contributed by atoms with Crippen LogP contribution in [0.4, 0.5) is 0 Å². The molecule has 2 aromatic carbocycles. The van der Waals surface area contributed by atoms with E-state index in [1.807, 2.05) is 24.4 Å². The van der Waals surface area contributed by atoms with Gasteiger partial charge in [-0.25, -0.2) is 4.98 Å². The van der Waals surface area contributed by atoms with Gasteiger partial charge in [-0.2, -0.15) is 0 Å². The van der Waals surface area contributed by atoms with Gasteiger partial charge in [0.1, 0.15) is 5.66 Å². The maximum atomic E-state index is 4.99. The summed E-state index contributed by atoms with van der Waals surface area (Å²) in [5.74, 6) is 0. The molecule has 5 rings (SSSR count). The van der Waals surface area contributed by atoms with Crippen molar-refractivity contribution in [1.29, 1.82) is 0 Å². The van der Waals surface area contributed by atoms with E-state index in [1.165, 1.54) is 16.2 Å². The average Bonchev–Trinajstić information content (AvgIpc) is 2.88. The molecule has 168 valence electrons. The Morgan fingerprint density at radius 3 is 2.09 bits per heavy atom. The van der Waals surface area contributed by atoms with Crippen LogP contribution < -0.4 is 27.6 Å². The summed E-state index contributed by atoms with van der Waals surface area (Å²) < 4.78 is 0. The first-order valence-electron chi connectivity index (χ1n) is 11.2. The smallest absolute Gasteiger partial charge is 0.120 e. The zero-order chi connectivity index (χ0) is 22.5. The van der Waals surface area contributed by atoms with E-state index in [-0.39, 0.29) is 17.0 Å². The second-order valence-electron chi connectivity index (χ2n) is 8.13. The predicted molar refractivity (Wildman–Crippen MR) is 143 cm³/mol.